The Labute approximate surface area is 392 Å². The number of rotatable bonds is 13. The minimum Gasteiger partial charge on any atom is -0.497 e. The number of ether oxygens (including phenoxy) is 2. The topological polar surface area (TPSA) is 444 Å². The van der Waals surface area contributed by atoms with Crippen molar-refractivity contribution in [1.82, 2.24) is 19.8 Å². The van der Waals surface area contributed by atoms with Gasteiger partial charge in [0.05, 0.1) is 50.3 Å². The number of aliphatic hydroxyl groups is 3. The van der Waals surface area contributed by atoms with Gasteiger partial charge in [0.2, 0.25) is 0 Å². The van der Waals surface area contributed by atoms with Crippen molar-refractivity contribution in [3.8, 4) is 11.5 Å². The van der Waals surface area contributed by atoms with Crippen LogP contribution < -0.4 is 9.47 Å². The van der Waals surface area contributed by atoms with Crippen molar-refractivity contribution >= 4 is 39.7 Å². The van der Waals surface area contributed by atoms with Crippen LogP contribution in [0.2, 0.25) is 0 Å². The van der Waals surface area contributed by atoms with E-state index in [2.05, 4.69) is 45.1 Å². The Balaban J connectivity index is 0. The smallest absolute Gasteiger partial charge is 0.336 e. The number of aliphatic hydroxyl groups excluding tert-OH is 2. The van der Waals surface area contributed by atoms with E-state index in [0.717, 1.165) is 83.5 Å². The van der Waals surface area contributed by atoms with Crippen molar-refractivity contribution < 1.29 is 92.8 Å². The Kier molecular flexibility index (Phi) is 26.4. The summed E-state index contributed by atoms with van der Waals surface area (Å²) in [5, 5.41) is 58.1. The monoisotopic (exact) mass is 966 g/mol. The molecule has 22 nitrogen and oxygen atoms in total. The number of pyridine rings is 2. The fourth-order valence-corrected chi connectivity index (χ4v) is 9.60. The van der Waals surface area contributed by atoms with E-state index in [-0.39, 0.29) is 50.4 Å². The number of nitrogens with zero attached hydrogens (tertiary/aromatic N) is 4. The van der Waals surface area contributed by atoms with Gasteiger partial charge in [0.1, 0.15) is 11.5 Å². The summed E-state index contributed by atoms with van der Waals surface area (Å²) >= 11 is 0. The molecule has 20 N–H and O–H groups in total. The second-order valence-corrected chi connectivity index (χ2v) is 16.4. The van der Waals surface area contributed by atoms with E-state index in [1.54, 1.807) is 26.6 Å². The molecular formula is C46H70N4O18. The molecule has 0 radical (unpaired) electrons. The number of benzene rings is 2. The molecular weight excluding hydrogens is 897 g/mol. The third-order valence-corrected chi connectivity index (χ3v) is 12.9. The molecule has 10 rings (SSSR count). The average Bonchev–Trinajstić information content (AvgIpc) is 3.27. The Morgan fingerprint density at radius 1 is 0.676 bits per heavy atom. The van der Waals surface area contributed by atoms with Crippen molar-refractivity contribution in [1.29, 1.82) is 0 Å². The summed E-state index contributed by atoms with van der Waals surface area (Å²) in [6.07, 6.45) is 8.95. The molecule has 2 aromatic heterocycles. The Bertz CT molecular complexity index is 2100. The molecule has 6 fully saturated rings. The van der Waals surface area contributed by atoms with Crippen molar-refractivity contribution in [3.05, 3.63) is 97.4 Å². The molecule has 382 valence electrons. The first kappa shape index (κ1) is 64.4. The first-order valence-corrected chi connectivity index (χ1v) is 20.5. The maximum absolute atomic E-state index is 11.2. The SMILES string of the molecule is C=C[C@H]1CN2CC[C@H]1C[C@H]2[C@H](O)c1ccnc2ccc(OC)cc12.C=C[C@H]1CN2CC[C@H]1C[C@H]2[C@H](O)c1ccnc2ccc(OC)cc12.O.O.O.O.O.O.O.O=C(O)CC(O)(CC(=O)O)C(=O)O. The van der Waals surface area contributed by atoms with Gasteiger partial charge in [-0.15, -0.1) is 13.2 Å². The molecule has 4 bridgehead atoms. The lowest BCUT2D eigenvalue weighted by Crippen LogP contribution is -2.54. The van der Waals surface area contributed by atoms with Gasteiger partial charge in [0.25, 0.3) is 0 Å². The molecule has 2 unspecified atom stereocenters. The number of hydrogen-bond acceptors (Lipinski definition) is 12. The molecule has 8 heterocycles. The second kappa shape index (κ2) is 27.9. The van der Waals surface area contributed by atoms with Crippen LogP contribution in [0.1, 0.15) is 61.9 Å². The van der Waals surface area contributed by atoms with Gasteiger partial charge in [0.15, 0.2) is 5.60 Å². The molecule has 0 spiro atoms. The third-order valence-electron chi connectivity index (χ3n) is 12.9. The van der Waals surface area contributed by atoms with Crippen LogP contribution in [0.3, 0.4) is 0 Å². The highest BCUT2D eigenvalue weighted by molar-refractivity contribution is 5.88. The van der Waals surface area contributed by atoms with E-state index in [1.807, 2.05) is 48.5 Å². The first-order chi connectivity index (χ1) is 29.2. The largest absolute Gasteiger partial charge is 0.497 e. The van der Waals surface area contributed by atoms with E-state index in [4.69, 9.17) is 29.9 Å². The number of carbonyl (C=O) groups is 3. The maximum Gasteiger partial charge on any atom is 0.336 e. The molecule has 2 aromatic carbocycles. The van der Waals surface area contributed by atoms with Gasteiger partial charge in [-0.25, -0.2) is 4.79 Å². The normalized spacial score (nSPS) is 23.4. The van der Waals surface area contributed by atoms with Crippen molar-refractivity contribution in [3.63, 3.8) is 0 Å². The van der Waals surface area contributed by atoms with E-state index in [1.165, 1.54) is 12.8 Å². The predicted molar refractivity (Wildman–Crippen MR) is 252 cm³/mol. The summed E-state index contributed by atoms with van der Waals surface area (Å²) in [6.45, 7) is 12.1. The average molecular weight is 967 g/mol. The highest BCUT2D eigenvalue weighted by atomic mass is 16.5. The minimum absolute atomic E-state index is 0. The molecule has 22 heteroatoms. The number of carboxylic acid groups (broad SMARTS) is 3. The molecule has 4 aromatic rings. The molecule has 0 aliphatic carbocycles. The van der Waals surface area contributed by atoms with E-state index in [0.29, 0.717) is 23.7 Å². The quantitative estimate of drug-likeness (QED) is 0.0905. The predicted octanol–water partition coefficient (Wildman–Crippen LogP) is -0.675. The van der Waals surface area contributed by atoms with Crippen LogP contribution in [0.15, 0.2) is 86.2 Å². The van der Waals surface area contributed by atoms with Crippen LogP contribution in [0.4, 0.5) is 0 Å². The number of piperidine rings is 6. The van der Waals surface area contributed by atoms with Gasteiger partial charge in [-0.1, -0.05) is 12.2 Å². The first-order valence-electron chi connectivity index (χ1n) is 20.5. The van der Waals surface area contributed by atoms with Gasteiger partial charge in [-0.05, 0) is 122 Å². The van der Waals surface area contributed by atoms with Gasteiger partial charge in [-0.3, -0.25) is 29.4 Å². The lowest BCUT2D eigenvalue weighted by Gasteiger charge is -2.50. The number of aliphatic carboxylic acids is 3. The zero-order valence-electron chi connectivity index (χ0n) is 38.0. The van der Waals surface area contributed by atoms with Crippen molar-refractivity contribution in [2.75, 3.05) is 40.4 Å². The summed E-state index contributed by atoms with van der Waals surface area (Å²) in [6, 6.07) is 15.9. The molecule has 6 saturated heterocycles. The van der Waals surface area contributed by atoms with Crippen LogP contribution in [0, 0.1) is 23.7 Å². The van der Waals surface area contributed by atoms with E-state index in [9.17, 15) is 24.6 Å². The molecule has 6 aliphatic rings. The molecule has 0 saturated carbocycles. The van der Waals surface area contributed by atoms with Crippen LogP contribution in [-0.2, 0) is 14.4 Å². The zero-order chi connectivity index (χ0) is 44.0. The summed E-state index contributed by atoms with van der Waals surface area (Å²) < 4.78 is 10.7. The molecule has 0 amide bonds. The van der Waals surface area contributed by atoms with Gasteiger partial charge >= 0.3 is 17.9 Å². The summed E-state index contributed by atoms with van der Waals surface area (Å²) in [4.78, 5) is 44.2. The summed E-state index contributed by atoms with van der Waals surface area (Å²) in [5.41, 5.74) is 0.954. The highest BCUT2D eigenvalue weighted by Crippen LogP contribution is 2.44. The molecule has 10 atom stereocenters. The van der Waals surface area contributed by atoms with Gasteiger partial charge in [-0.2, -0.15) is 0 Å². The van der Waals surface area contributed by atoms with Crippen LogP contribution in [0.25, 0.3) is 21.8 Å². The maximum atomic E-state index is 11.2. The van der Waals surface area contributed by atoms with Gasteiger partial charge < -0.3 is 78.4 Å². The zero-order valence-corrected chi connectivity index (χ0v) is 38.0. The number of carboxylic acids is 3. The summed E-state index contributed by atoms with van der Waals surface area (Å²) in [7, 11) is 3.32. The van der Waals surface area contributed by atoms with Crippen LogP contribution in [-0.4, -0.2) is 165 Å². The standard InChI is InChI=1S/2C20H24N2O2.C6H8O7.7H2O/c2*1-3-13-12-22-9-7-14(13)10-19(22)20(23)16-6-8-21-18-5-4-15(24-2)11-17(16)18;7-3(8)1-6(13,5(11)12)2-4(9)10;;;;;;;/h2*3-6,8,11,13-14,19-20,23H,1,7,9-10,12H2,2H3;13H,1-2H2,(H,7,8)(H,9,10)(H,11,12);7*1H2/t2*13-,14-,19-,20+;;;;;;;;/m00......../s1. The van der Waals surface area contributed by atoms with Crippen molar-refractivity contribution in [2.45, 2.75) is 68.4 Å². The van der Waals surface area contributed by atoms with E-state index >= 15 is 0 Å². The fraction of sp³-hybridized carbons (Fsp3) is 0.457. The minimum atomic E-state index is -2.74. The third kappa shape index (κ3) is 14.2. The van der Waals surface area contributed by atoms with Crippen LogP contribution in [0.5, 0.6) is 11.5 Å². The second-order valence-electron chi connectivity index (χ2n) is 16.4. The van der Waals surface area contributed by atoms with Crippen LogP contribution >= 0.6 is 0 Å². The number of fused-ring (bicyclic) bond motifs is 8. The highest BCUT2D eigenvalue weighted by Gasteiger charge is 2.44. The lowest BCUT2D eigenvalue weighted by atomic mass is 9.73. The number of methoxy groups -OCH3 is 2. The van der Waals surface area contributed by atoms with E-state index < -0.39 is 48.6 Å². The van der Waals surface area contributed by atoms with Crippen molar-refractivity contribution in [2.24, 2.45) is 23.7 Å². The Hall–Kier alpha value is -5.73. The molecule has 68 heavy (non-hydrogen) atoms. The Morgan fingerprint density at radius 3 is 1.32 bits per heavy atom. The lowest BCUT2D eigenvalue weighted by molar-refractivity contribution is -0.170. The summed E-state index contributed by atoms with van der Waals surface area (Å²) in [5.74, 6) is -1.01. The molecule has 6 aliphatic heterocycles. The number of hydrogen-bond donors (Lipinski definition) is 6. The number of aromatic nitrogens is 2. The fourth-order valence-electron chi connectivity index (χ4n) is 9.60. The Morgan fingerprint density at radius 2 is 1.04 bits per heavy atom. The van der Waals surface area contributed by atoms with Gasteiger partial charge in [0, 0.05) is 48.3 Å².